The lowest BCUT2D eigenvalue weighted by molar-refractivity contribution is -0.121. The number of allylic oxidation sites excluding steroid dienone is 1. The maximum absolute atomic E-state index is 11.7. The topological polar surface area (TPSA) is 83.4 Å². The lowest BCUT2D eigenvalue weighted by atomic mass is 10.2. The molecule has 1 fully saturated rings. The molecule has 1 heterocycles. The number of urea groups is 1. The second-order valence-corrected chi connectivity index (χ2v) is 4.96. The van der Waals surface area contributed by atoms with Gasteiger partial charge >= 0.3 is 12.1 Å². The summed E-state index contributed by atoms with van der Waals surface area (Å²) in [5, 5.41) is 2.25. The van der Waals surface area contributed by atoms with Gasteiger partial charge in [0.2, 0.25) is 5.91 Å². The number of imide groups is 1. The van der Waals surface area contributed by atoms with Crippen molar-refractivity contribution in [2.75, 3.05) is 6.54 Å². The van der Waals surface area contributed by atoms with Crippen LogP contribution in [0.1, 0.15) is 18.9 Å². The van der Waals surface area contributed by atoms with Crippen molar-refractivity contribution in [3.8, 4) is 5.75 Å². The highest BCUT2D eigenvalue weighted by Crippen LogP contribution is 2.17. The van der Waals surface area contributed by atoms with Gasteiger partial charge in [-0.25, -0.2) is 14.8 Å². The maximum atomic E-state index is 11.7. The van der Waals surface area contributed by atoms with Gasteiger partial charge in [-0.3, -0.25) is 15.0 Å². The van der Waals surface area contributed by atoms with Crippen molar-refractivity contribution in [1.82, 2.24) is 10.2 Å². The summed E-state index contributed by atoms with van der Waals surface area (Å²) in [5.41, 5.74) is 1.52. The Balaban J connectivity index is 2.11. The van der Waals surface area contributed by atoms with E-state index in [4.69, 9.17) is 4.74 Å². The third kappa shape index (κ3) is 4.26. The average molecular weight is 314 g/mol. The number of hydrogen-bond donors (Lipinski definition) is 1. The molecule has 1 aliphatic rings. The van der Waals surface area contributed by atoms with Gasteiger partial charge in [-0.15, -0.1) is 0 Å². The average Bonchev–Trinajstić information content (AvgIpc) is 2.52. The first-order chi connectivity index (χ1) is 11.0. The van der Waals surface area contributed by atoms with Crippen molar-refractivity contribution in [3.63, 3.8) is 0 Å². The molecular formula is C16H18N4O3. The molecule has 23 heavy (non-hydrogen) atoms. The predicted molar refractivity (Wildman–Crippen MR) is 87.4 cm³/mol. The number of nitrogens with one attached hydrogen (secondary N) is 1. The number of para-hydroxylation sites is 1. The third-order valence-electron chi connectivity index (χ3n) is 3.27. The zero-order valence-electron chi connectivity index (χ0n) is 13.1. The third-order valence-corrected chi connectivity index (χ3v) is 3.27. The van der Waals surface area contributed by atoms with Crippen molar-refractivity contribution in [3.05, 3.63) is 41.7 Å². The number of carbonyl (C=O) groups excluding carboxylic acids is 2. The molecule has 1 saturated heterocycles. The highest BCUT2D eigenvalue weighted by molar-refractivity contribution is 5.97. The van der Waals surface area contributed by atoms with Gasteiger partial charge in [0.1, 0.15) is 5.75 Å². The minimum absolute atomic E-state index is 0.0761. The quantitative estimate of drug-likeness (QED) is 0.686. The molecule has 0 bridgehead atoms. The van der Waals surface area contributed by atoms with Crippen molar-refractivity contribution >= 4 is 24.7 Å². The van der Waals surface area contributed by atoms with Crippen LogP contribution in [0.4, 0.5) is 4.79 Å². The van der Waals surface area contributed by atoms with E-state index in [1.165, 1.54) is 11.1 Å². The number of hydrogen-bond acceptors (Lipinski definition) is 4. The predicted octanol–water partition coefficient (Wildman–Crippen LogP) is 2.23. The molecule has 1 N–H and O–H groups in total. The van der Waals surface area contributed by atoms with Gasteiger partial charge in [0, 0.05) is 18.7 Å². The fourth-order valence-corrected chi connectivity index (χ4v) is 1.99. The molecule has 1 aliphatic heterocycles. The summed E-state index contributed by atoms with van der Waals surface area (Å²) in [4.78, 5) is 32.1. The SMILES string of the molecule is C=NC(=N/C=C(\C)N1CCC(=O)NC1=O)Oc1ccccc1C. The van der Waals surface area contributed by atoms with Gasteiger partial charge in [0.25, 0.3) is 0 Å². The summed E-state index contributed by atoms with van der Waals surface area (Å²) in [6.07, 6.45) is 1.71. The molecule has 0 aliphatic carbocycles. The van der Waals surface area contributed by atoms with Crippen LogP contribution in [0.2, 0.25) is 0 Å². The van der Waals surface area contributed by atoms with E-state index in [9.17, 15) is 9.59 Å². The smallest absolute Gasteiger partial charge is 0.328 e. The minimum Gasteiger partial charge on any atom is -0.424 e. The van der Waals surface area contributed by atoms with Crippen molar-refractivity contribution < 1.29 is 14.3 Å². The molecule has 0 spiro atoms. The zero-order valence-corrected chi connectivity index (χ0v) is 13.1. The first-order valence-electron chi connectivity index (χ1n) is 7.07. The van der Waals surface area contributed by atoms with Gasteiger partial charge in [-0.05, 0) is 32.2 Å². The molecule has 2 rings (SSSR count). The Labute approximate surface area is 134 Å². The molecule has 0 radical (unpaired) electrons. The van der Waals surface area contributed by atoms with E-state index in [0.29, 0.717) is 18.0 Å². The van der Waals surface area contributed by atoms with E-state index in [1.54, 1.807) is 13.0 Å². The van der Waals surface area contributed by atoms with Crippen molar-refractivity contribution in [2.24, 2.45) is 9.98 Å². The largest absolute Gasteiger partial charge is 0.424 e. The van der Waals surface area contributed by atoms with Crippen molar-refractivity contribution in [1.29, 1.82) is 0 Å². The number of carbonyl (C=O) groups is 2. The van der Waals surface area contributed by atoms with Crippen LogP contribution in [-0.4, -0.2) is 36.1 Å². The fraction of sp³-hybridized carbons (Fsp3) is 0.250. The number of rotatable bonds is 3. The van der Waals surface area contributed by atoms with Crippen LogP contribution in [0.15, 0.2) is 46.1 Å². The summed E-state index contributed by atoms with van der Waals surface area (Å²) < 4.78 is 5.58. The molecule has 1 aromatic rings. The monoisotopic (exact) mass is 314 g/mol. The van der Waals surface area contributed by atoms with Gasteiger partial charge in [0.05, 0.1) is 6.20 Å². The van der Waals surface area contributed by atoms with Crippen LogP contribution in [0.5, 0.6) is 5.75 Å². The number of aryl methyl sites for hydroxylation is 1. The Morgan fingerprint density at radius 3 is 2.78 bits per heavy atom. The molecule has 7 heteroatoms. The van der Waals surface area contributed by atoms with E-state index in [0.717, 1.165) is 5.56 Å². The standard InChI is InChI=1S/C16H18N4O3/c1-11-6-4-5-7-13(11)23-15(17-3)18-10-12(2)20-9-8-14(21)19-16(20)22/h4-7,10H,3,8-9H2,1-2H3,(H,19,21,22)/b12-10+,18-15?. The zero-order chi connectivity index (χ0) is 16.8. The second kappa shape index (κ2) is 7.35. The van der Waals surface area contributed by atoms with Crippen molar-refractivity contribution in [2.45, 2.75) is 20.3 Å². The Bertz CT molecular complexity index is 694. The lowest BCUT2D eigenvalue weighted by Crippen LogP contribution is -2.48. The van der Waals surface area contributed by atoms with Crippen LogP contribution >= 0.6 is 0 Å². The molecular weight excluding hydrogens is 296 g/mol. The normalized spacial score (nSPS) is 16.2. The summed E-state index contributed by atoms with van der Waals surface area (Å²) in [5.74, 6) is 0.352. The van der Waals surface area contributed by atoms with Crippen LogP contribution in [0.25, 0.3) is 0 Å². The molecule has 0 aromatic heterocycles. The van der Waals surface area contributed by atoms with Gasteiger partial charge in [-0.2, -0.15) is 0 Å². The van der Waals surface area contributed by atoms with E-state index in [-0.39, 0.29) is 18.3 Å². The Kier molecular flexibility index (Phi) is 5.24. The fourth-order valence-electron chi connectivity index (χ4n) is 1.99. The van der Waals surface area contributed by atoms with Gasteiger partial charge in [-0.1, -0.05) is 18.2 Å². The summed E-state index contributed by atoms with van der Waals surface area (Å²) in [6, 6.07) is 7.08. The number of ether oxygens (including phenoxy) is 1. The summed E-state index contributed by atoms with van der Waals surface area (Å²) in [6.45, 7) is 7.37. The number of benzene rings is 1. The highest BCUT2D eigenvalue weighted by atomic mass is 16.5. The molecule has 0 saturated carbocycles. The Morgan fingerprint density at radius 2 is 2.13 bits per heavy atom. The van der Waals surface area contributed by atoms with E-state index < -0.39 is 6.03 Å². The highest BCUT2D eigenvalue weighted by Gasteiger charge is 2.23. The molecule has 0 atom stereocenters. The number of amidine groups is 1. The number of nitrogens with zero attached hydrogens (tertiary/aromatic N) is 3. The first kappa shape index (κ1) is 16.4. The molecule has 3 amide bonds. The van der Waals surface area contributed by atoms with Crippen LogP contribution in [0.3, 0.4) is 0 Å². The van der Waals surface area contributed by atoms with E-state index >= 15 is 0 Å². The Hall–Kier alpha value is -2.96. The molecule has 7 nitrogen and oxygen atoms in total. The van der Waals surface area contributed by atoms with E-state index in [2.05, 4.69) is 22.0 Å². The maximum Gasteiger partial charge on any atom is 0.328 e. The second-order valence-electron chi connectivity index (χ2n) is 4.96. The van der Waals surface area contributed by atoms with Gasteiger partial charge in [0.15, 0.2) is 0 Å². The van der Waals surface area contributed by atoms with E-state index in [1.807, 2.05) is 25.1 Å². The Morgan fingerprint density at radius 1 is 1.39 bits per heavy atom. The number of amides is 3. The summed E-state index contributed by atoms with van der Waals surface area (Å²) >= 11 is 0. The van der Waals surface area contributed by atoms with Crippen LogP contribution in [-0.2, 0) is 4.79 Å². The number of aliphatic imine (C=N–C) groups is 2. The minimum atomic E-state index is -0.460. The molecule has 0 unspecified atom stereocenters. The lowest BCUT2D eigenvalue weighted by Gasteiger charge is -2.26. The van der Waals surface area contributed by atoms with Gasteiger partial charge < -0.3 is 4.74 Å². The first-order valence-corrected chi connectivity index (χ1v) is 7.07. The summed E-state index contributed by atoms with van der Waals surface area (Å²) in [7, 11) is 0. The van der Waals surface area contributed by atoms with Crippen LogP contribution < -0.4 is 10.1 Å². The van der Waals surface area contributed by atoms with Crippen LogP contribution in [0, 0.1) is 6.92 Å². The molecule has 1 aromatic carbocycles. The molecule has 120 valence electrons.